The molecule has 3 aromatic rings. The summed E-state index contributed by atoms with van der Waals surface area (Å²) >= 11 is 0. The zero-order valence-corrected chi connectivity index (χ0v) is 18.9. The first-order chi connectivity index (χ1) is 15.0. The molecule has 2 unspecified atom stereocenters. The van der Waals surface area contributed by atoms with E-state index in [0.717, 1.165) is 25.7 Å². The molecule has 5 nitrogen and oxygen atoms in total. The normalized spacial score (nSPS) is 20.5. The lowest BCUT2D eigenvalue weighted by Crippen LogP contribution is -2.52. The topological polar surface area (TPSA) is 67.4 Å². The molecule has 0 radical (unpaired) electrons. The molecule has 4 rings (SSSR count). The molecular formula is C25H30N2O3S. The maximum atomic E-state index is 13.0. The Bertz CT molecular complexity index is 1120. The highest BCUT2D eigenvalue weighted by molar-refractivity contribution is 7.89. The van der Waals surface area contributed by atoms with Crippen molar-refractivity contribution in [3.05, 3.63) is 72.3 Å². The predicted molar refractivity (Wildman–Crippen MR) is 125 cm³/mol. The van der Waals surface area contributed by atoms with Gasteiger partial charge in [-0.1, -0.05) is 55.3 Å². The van der Waals surface area contributed by atoms with Crippen LogP contribution in [0.15, 0.2) is 71.6 Å². The van der Waals surface area contributed by atoms with Gasteiger partial charge in [-0.2, -0.15) is 0 Å². The third-order valence-electron chi connectivity index (χ3n) is 6.20. The monoisotopic (exact) mass is 438 g/mol. The highest BCUT2D eigenvalue weighted by Crippen LogP contribution is 2.28. The molecule has 0 saturated heterocycles. The quantitative estimate of drug-likeness (QED) is 0.557. The molecule has 3 aromatic carbocycles. The van der Waals surface area contributed by atoms with Crippen molar-refractivity contribution >= 4 is 20.8 Å². The summed E-state index contributed by atoms with van der Waals surface area (Å²) in [5.74, 6) is 0.639. The molecule has 0 heterocycles. The number of methoxy groups -OCH3 is 1. The molecule has 0 aliphatic heterocycles. The van der Waals surface area contributed by atoms with Gasteiger partial charge in [-0.15, -0.1) is 0 Å². The third-order valence-corrected chi connectivity index (χ3v) is 7.70. The molecule has 1 aliphatic rings. The Morgan fingerprint density at radius 1 is 0.903 bits per heavy atom. The van der Waals surface area contributed by atoms with E-state index in [9.17, 15) is 8.42 Å². The average Bonchev–Trinajstić information content (AvgIpc) is 2.80. The zero-order valence-electron chi connectivity index (χ0n) is 18.0. The Balaban J connectivity index is 1.51. The van der Waals surface area contributed by atoms with Crippen LogP contribution >= 0.6 is 0 Å². The number of sulfonamides is 1. The molecule has 1 fully saturated rings. The van der Waals surface area contributed by atoms with Gasteiger partial charge in [0.25, 0.3) is 0 Å². The summed E-state index contributed by atoms with van der Waals surface area (Å²) in [6.07, 6.45) is 3.90. The number of benzene rings is 3. The van der Waals surface area contributed by atoms with Crippen LogP contribution in [0.4, 0.5) is 0 Å². The average molecular weight is 439 g/mol. The summed E-state index contributed by atoms with van der Waals surface area (Å²) in [6, 6.07) is 21.3. The molecule has 31 heavy (non-hydrogen) atoms. The van der Waals surface area contributed by atoms with Gasteiger partial charge >= 0.3 is 0 Å². The van der Waals surface area contributed by atoms with E-state index in [-0.39, 0.29) is 23.0 Å². The van der Waals surface area contributed by atoms with Crippen LogP contribution in [0.1, 0.15) is 44.2 Å². The SMILES string of the molecule is COc1ccc(S(=O)(=O)NC2CCCC[C@@H]2NC(C)c2cccc3ccccc23)cc1. The van der Waals surface area contributed by atoms with Gasteiger partial charge in [-0.3, -0.25) is 0 Å². The number of hydrogen-bond donors (Lipinski definition) is 2. The Hall–Kier alpha value is -2.41. The Kier molecular flexibility index (Phi) is 6.60. The second kappa shape index (κ2) is 9.39. The van der Waals surface area contributed by atoms with Crippen molar-refractivity contribution in [1.29, 1.82) is 0 Å². The van der Waals surface area contributed by atoms with Crippen LogP contribution in [0.25, 0.3) is 10.8 Å². The molecule has 164 valence electrons. The van der Waals surface area contributed by atoms with Crippen molar-refractivity contribution < 1.29 is 13.2 Å². The second-order valence-electron chi connectivity index (χ2n) is 8.25. The minimum atomic E-state index is -3.60. The van der Waals surface area contributed by atoms with Crippen molar-refractivity contribution in [3.63, 3.8) is 0 Å². The molecule has 0 aromatic heterocycles. The van der Waals surface area contributed by atoms with Crippen LogP contribution in [-0.2, 0) is 10.0 Å². The first kappa shape index (κ1) is 21.8. The van der Waals surface area contributed by atoms with Crippen molar-refractivity contribution in [2.75, 3.05) is 7.11 Å². The van der Waals surface area contributed by atoms with E-state index >= 15 is 0 Å². The summed E-state index contributed by atoms with van der Waals surface area (Å²) in [6.45, 7) is 2.16. The van der Waals surface area contributed by atoms with E-state index in [1.165, 1.54) is 16.3 Å². The molecule has 3 atom stereocenters. The Labute approximate surface area is 184 Å². The van der Waals surface area contributed by atoms with Gasteiger partial charge in [0.2, 0.25) is 10.0 Å². The number of hydrogen-bond acceptors (Lipinski definition) is 4. The number of fused-ring (bicyclic) bond motifs is 1. The van der Waals surface area contributed by atoms with Crippen LogP contribution in [0, 0.1) is 0 Å². The highest BCUT2D eigenvalue weighted by Gasteiger charge is 2.30. The Morgan fingerprint density at radius 2 is 1.58 bits per heavy atom. The van der Waals surface area contributed by atoms with Gasteiger partial charge in [-0.25, -0.2) is 13.1 Å². The molecule has 1 saturated carbocycles. The molecule has 0 bridgehead atoms. The minimum absolute atomic E-state index is 0.0794. The third kappa shape index (κ3) is 4.92. The van der Waals surface area contributed by atoms with Crippen LogP contribution in [0.5, 0.6) is 5.75 Å². The second-order valence-corrected chi connectivity index (χ2v) is 9.96. The van der Waals surface area contributed by atoms with Crippen molar-refractivity contribution in [3.8, 4) is 5.75 Å². The van der Waals surface area contributed by atoms with Crippen LogP contribution in [0.3, 0.4) is 0 Å². The number of rotatable bonds is 7. The Morgan fingerprint density at radius 3 is 2.32 bits per heavy atom. The molecule has 2 N–H and O–H groups in total. The van der Waals surface area contributed by atoms with Crippen molar-refractivity contribution in [2.45, 2.75) is 55.6 Å². The van der Waals surface area contributed by atoms with E-state index < -0.39 is 10.0 Å². The van der Waals surface area contributed by atoms with Gasteiger partial charge in [-0.05, 0) is 60.4 Å². The highest BCUT2D eigenvalue weighted by atomic mass is 32.2. The fourth-order valence-corrected chi connectivity index (χ4v) is 5.84. The lowest BCUT2D eigenvalue weighted by Gasteiger charge is -2.35. The van der Waals surface area contributed by atoms with Crippen LogP contribution < -0.4 is 14.8 Å². The van der Waals surface area contributed by atoms with E-state index in [0.29, 0.717) is 5.75 Å². The molecule has 1 aliphatic carbocycles. The number of ether oxygens (including phenoxy) is 1. The van der Waals surface area contributed by atoms with Gasteiger partial charge in [0, 0.05) is 18.1 Å². The lowest BCUT2D eigenvalue weighted by atomic mass is 9.89. The first-order valence-electron chi connectivity index (χ1n) is 10.9. The van der Waals surface area contributed by atoms with E-state index in [1.807, 2.05) is 0 Å². The van der Waals surface area contributed by atoms with Crippen LogP contribution in [-0.4, -0.2) is 27.6 Å². The predicted octanol–water partition coefficient (Wildman–Crippen LogP) is 4.79. The van der Waals surface area contributed by atoms with E-state index in [2.05, 4.69) is 59.4 Å². The zero-order chi connectivity index (χ0) is 21.8. The summed E-state index contributed by atoms with van der Waals surface area (Å²) in [5, 5.41) is 6.17. The number of nitrogens with one attached hydrogen (secondary N) is 2. The first-order valence-corrected chi connectivity index (χ1v) is 12.4. The van der Waals surface area contributed by atoms with E-state index in [1.54, 1.807) is 31.4 Å². The van der Waals surface area contributed by atoms with Crippen molar-refractivity contribution in [2.24, 2.45) is 0 Å². The summed E-state index contributed by atoms with van der Waals surface area (Å²) in [4.78, 5) is 0.264. The molecule has 6 heteroatoms. The minimum Gasteiger partial charge on any atom is -0.497 e. The fraction of sp³-hybridized carbons (Fsp3) is 0.360. The summed E-state index contributed by atoms with van der Waals surface area (Å²) in [7, 11) is -2.03. The van der Waals surface area contributed by atoms with E-state index in [4.69, 9.17) is 4.74 Å². The largest absolute Gasteiger partial charge is 0.497 e. The smallest absolute Gasteiger partial charge is 0.240 e. The molecule has 0 amide bonds. The van der Waals surface area contributed by atoms with Gasteiger partial charge < -0.3 is 10.1 Å². The lowest BCUT2D eigenvalue weighted by molar-refractivity contribution is 0.291. The molecular weight excluding hydrogens is 408 g/mol. The van der Waals surface area contributed by atoms with Gasteiger partial charge in [0.05, 0.1) is 12.0 Å². The summed E-state index contributed by atoms with van der Waals surface area (Å²) in [5.41, 5.74) is 1.24. The fourth-order valence-electron chi connectivity index (χ4n) is 4.53. The molecule has 0 spiro atoms. The van der Waals surface area contributed by atoms with Gasteiger partial charge in [0.15, 0.2) is 0 Å². The van der Waals surface area contributed by atoms with Crippen LogP contribution in [0.2, 0.25) is 0 Å². The standard InChI is InChI=1S/C25H30N2O3S/c1-18(22-11-7-9-19-8-3-4-10-23(19)22)26-24-12-5-6-13-25(24)27-31(28,29)21-16-14-20(30-2)15-17-21/h3-4,7-11,14-18,24-27H,5-6,12-13H2,1-2H3/t18?,24-,25?/m0/s1. The maximum absolute atomic E-state index is 13.0. The van der Waals surface area contributed by atoms with Crippen molar-refractivity contribution in [1.82, 2.24) is 10.0 Å². The summed E-state index contributed by atoms with van der Waals surface area (Å²) < 4.78 is 34.1. The van der Waals surface area contributed by atoms with Gasteiger partial charge in [0.1, 0.15) is 5.75 Å². The maximum Gasteiger partial charge on any atom is 0.240 e.